The van der Waals surface area contributed by atoms with Crippen LogP contribution in [0.1, 0.15) is 25.0 Å². The maximum Gasteiger partial charge on any atom is 0.317 e. The van der Waals surface area contributed by atoms with E-state index in [1.165, 1.54) is 0 Å². The van der Waals surface area contributed by atoms with Crippen LogP contribution in [-0.4, -0.2) is 57.2 Å². The number of carbonyl (C=O) groups is 2. The molecule has 0 radical (unpaired) electrons. The van der Waals surface area contributed by atoms with Gasteiger partial charge in [-0.15, -0.1) is 5.10 Å². The van der Waals surface area contributed by atoms with E-state index < -0.39 is 5.97 Å². The average molecular weight is 373 g/mol. The number of carboxylic acid groups (broad SMARTS) is 1. The highest BCUT2D eigenvalue weighted by atomic mass is 16.5. The van der Waals surface area contributed by atoms with Gasteiger partial charge >= 0.3 is 12.0 Å². The first kappa shape index (κ1) is 18.7. The lowest BCUT2D eigenvalue weighted by atomic mass is 9.95. The maximum absolute atomic E-state index is 12.3. The third-order valence-electron chi connectivity index (χ3n) is 4.57. The Bertz CT molecular complexity index is 789. The lowest BCUT2D eigenvalue weighted by molar-refractivity contribution is -0.138. The summed E-state index contributed by atoms with van der Waals surface area (Å²) in [6.45, 7) is 1.37. The first-order chi connectivity index (χ1) is 13.0. The fourth-order valence-corrected chi connectivity index (χ4v) is 3.18. The Morgan fingerprint density at radius 2 is 2.11 bits per heavy atom. The SMILES string of the molecule is COc1ccc(-n2cc(CNC(=O)N3CCCC(CC(=O)O)C3)nn2)cc1. The van der Waals surface area contributed by atoms with E-state index in [1.54, 1.807) is 22.9 Å². The first-order valence-corrected chi connectivity index (χ1v) is 8.85. The second-order valence-corrected chi connectivity index (χ2v) is 6.56. The molecule has 0 saturated carbocycles. The number of rotatable bonds is 6. The van der Waals surface area contributed by atoms with Crippen LogP contribution in [0.15, 0.2) is 30.5 Å². The van der Waals surface area contributed by atoms with Crippen LogP contribution in [0.3, 0.4) is 0 Å². The smallest absolute Gasteiger partial charge is 0.317 e. The molecule has 1 saturated heterocycles. The van der Waals surface area contributed by atoms with Gasteiger partial charge in [0.15, 0.2) is 0 Å². The maximum atomic E-state index is 12.3. The van der Waals surface area contributed by atoms with Gasteiger partial charge in [-0.2, -0.15) is 0 Å². The normalized spacial score (nSPS) is 16.8. The van der Waals surface area contributed by atoms with Crippen LogP contribution < -0.4 is 10.1 Å². The van der Waals surface area contributed by atoms with Crippen LogP contribution in [0, 0.1) is 5.92 Å². The average Bonchev–Trinajstić information content (AvgIpc) is 3.15. The molecule has 1 atom stereocenters. The summed E-state index contributed by atoms with van der Waals surface area (Å²) < 4.78 is 6.76. The quantitative estimate of drug-likeness (QED) is 0.797. The lowest BCUT2D eigenvalue weighted by Gasteiger charge is -2.32. The van der Waals surface area contributed by atoms with E-state index >= 15 is 0 Å². The summed E-state index contributed by atoms with van der Waals surface area (Å²) in [7, 11) is 1.61. The van der Waals surface area contributed by atoms with Gasteiger partial charge in [0, 0.05) is 19.5 Å². The number of ether oxygens (including phenoxy) is 1. The molecule has 2 heterocycles. The van der Waals surface area contributed by atoms with E-state index in [4.69, 9.17) is 9.84 Å². The van der Waals surface area contributed by atoms with Crippen LogP contribution in [0.25, 0.3) is 5.69 Å². The molecular weight excluding hydrogens is 350 g/mol. The minimum atomic E-state index is -0.822. The standard InChI is InChI=1S/C18H23N5O4/c1-27-16-6-4-15(5-7-16)23-12-14(20-21-23)10-19-18(26)22-8-2-3-13(11-22)9-17(24)25/h4-7,12-13H,2-3,8-11H2,1H3,(H,19,26)(H,24,25). The highest BCUT2D eigenvalue weighted by molar-refractivity contribution is 5.74. The van der Waals surface area contributed by atoms with Crippen molar-refractivity contribution in [1.29, 1.82) is 0 Å². The van der Waals surface area contributed by atoms with Gasteiger partial charge in [-0.1, -0.05) is 5.21 Å². The summed E-state index contributed by atoms with van der Waals surface area (Å²) in [5.74, 6) is -0.0514. The molecule has 1 aromatic heterocycles. The molecule has 144 valence electrons. The number of hydrogen-bond acceptors (Lipinski definition) is 5. The van der Waals surface area contributed by atoms with Crippen molar-refractivity contribution in [2.75, 3.05) is 20.2 Å². The molecule has 0 bridgehead atoms. The molecule has 1 aliphatic rings. The number of methoxy groups -OCH3 is 1. The van der Waals surface area contributed by atoms with Crippen LogP contribution in [0.4, 0.5) is 4.79 Å². The van der Waals surface area contributed by atoms with Crippen molar-refractivity contribution in [3.8, 4) is 11.4 Å². The predicted molar refractivity (Wildman–Crippen MR) is 96.7 cm³/mol. The molecule has 27 heavy (non-hydrogen) atoms. The largest absolute Gasteiger partial charge is 0.497 e. The van der Waals surface area contributed by atoms with Gasteiger partial charge in [0.05, 0.1) is 25.5 Å². The van der Waals surface area contributed by atoms with E-state index in [0.29, 0.717) is 18.8 Å². The fourth-order valence-electron chi connectivity index (χ4n) is 3.18. The van der Waals surface area contributed by atoms with Gasteiger partial charge < -0.3 is 20.1 Å². The van der Waals surface area contributed by atoms with Crippen molar-refractivity contribution in [2.45, 2.75) is 25.8 Å². The molecule has 9 nitrogen and oxygen atoms in total. The molecule has 2 aromatic rings. The molecule has 1 unspecified atom stereocenters. The molecule has 3 rings (SSSR count). The van der Waals surface area contributed by atoms with Gasteiger partial charge in [0.2, 0.25) is 0 Å². The number of aromatic nitrogens is 3. The number of nitrogens with one attached hydrogen (secondary N) is 1. The zero-order valence-electron chi connectivity index (χ0n) is 15.2. The van der Waals surface area contributed by atoms with Gasteiger partial charge in [0.25, 0.3) is 0 Å². The molecule has 2 N–H and O–H groups in total. The zero-order chi connectivity index (χ0) is 19.2. The van der Waals surface area contributed by atoms with Crippen LogP contribution in [-0.2, 0) is 11.3 Å². The Kier molecular flexibility index (Phi) is 5.90. The number of hydrogen-bond donors (Lipinski definition) is 2. The highest BCUT2D eigenvalue weighted by Crippen LogP contribution is 2.19. The predicted octanol–water partition coefficient (Wildman–Crippen LogP) is 1.67. The van der Waals surface area contributed by atoms with Crippen molar-refractivity contribution in [3.05, 3.63) is 36.2 Å². The van der Waals surface area contributed by atoms with Crippen molar-refractivity contribution in [1.82, 2.24) is 25.2 Å². The zero-order valence-corrected chi connectivity index (χ0v) is 15.2. The van der Waals surface area contributed by atoms with Crippen molar-refractivity contribution in [3.63, 3.8) is 0 Å². The number of piperidine rings is 1. The number of likely N-dealkylation sites (tertiary alicyclic amines) is 1. The Labute approximate surface area is 156 Å². The van der Waals surface area contributed by atoms with E-state index in [0.717, 1.165) is 24.3 Å². The number of urea groups is 1. The highest BCUT2D eigenvalue weighted by Gasteiger charge is 2.25. The van der Waals surface area contributed by atoms with Crippen molar-refractivity contribution < 1.29 is 19.4 Å². The summed E-state index contributed by atoms with van der Waals surface area (Å²) in [6.07, 6.45) is 3.51. The number of nitrogens with zero attached hydrogens (tertiary/aromatic N) is 4. The summed E-state index contributed by atoms with van der Waals surface area (Å²) in [5, 5.41) is 19.9. The minimum absolute atomic E-state index is 0.0120. The lowest BCUT2D eigenvalue weighted by Crippen LogP contribution is -2.45. The summed E-state index contributed by atoms with van der Waals surface area (Å²) in [4.78, 5) is 24.9. The third kappa shape index (κ3) is 4.96. The molecular formula is C18H23N5O4. The van der Waals surface area contributed by atoms with Crippen LogP contribution in [0.2, 0.25) is 0 Å². The van der Waals surface area contributed by atoms with Gasteiger partial charge in [-0.25, -0.2) is 9.48 Å². The van der Waals surface area contributed by atoms with Gasteiger partial charge in [-0.05, 0) is 43.0 Å². The van der Waals surface area contributed by atoms with E-state index in [-0.39, 0.29) is 24.9 Å². The molecule has 1 aromatic carbocycles. The second kappa shape index (κ2) is 8.52. The molecule has 1 aliphatic heterocycles. The fraction of sp³-hybridized carbons (Fsp3) is 0.444. The second-order valence-electron chi connectivity index (χ2n) is 6.56. The number of aliphatic carboxylic acids is 1. The van der Waals surface area contributed by atoms with Gasteiger partial charge in [0.1, 0.15) is 11.4 Å². The van der Waals surface area contributed by atoms with E-state index in [2.05, 4.69) is 15.6 Å². The topological polar surface area (TPSA) is 110 Å². The molecule has 2 amide bonds. The number of amides is 2. The first-order valence-electron chi connectivity index (χ1n) is 8.85. The molecule has 9 heteroatoms. The summed E-state index contributed by atoms with van der Waals surface area (Å²) >= 11 is 0. The molecule has 0 spiro atoms. The number of carbonyl (C=O) groups excluding carboxylic acids is 1. The monoisotopic (exact) mass is 373 g/mol. The van der Waals surface area contributed by atoms with Crippen molar-refractivity contribution in [2.24, 2.45) is 5.92 Å². The van der Waals surface area contributed by atoms with E-state index in [9.17, 15) is 9.59 Å². The van der Waals surface area contributed by atoms with Crippen molar-refractivity contribution >= 4 is 12.0 Å². The Morgan fingerprint density at radius 1 is 1.33 bits per heavy atom. The minimum Gasteiger partial charge on any atom is -0.497 e. The molecule has 0 aliphatic carbocycles. The third-order valence-corrected chi connectivity index (χ3v) is 4.57. The number of benzene rings is 1. The van der Waals surface area contributed by atoms with E-state index in [1.807, 2.05) is 24.3 Å². The Morgan fingerprint density at radius 3 is 2.81 bits per heavy atom. The summed E-state index contributed by atoms with van der Waals surface area (Å²) in [6, 6.07) is 7.20. The van der Waals surface area contributed by atoms with Crippen LogP contribution in [0.5, 0.6) is 5.75 Å². The number of carboxylic acids is 1. The van der Waals surface area contributed by atoms with Gasteiger partial charge in [-0.3, -0.25) is 4.79 Å². The Balaban J connectivity index is 1.53. The Hall–Kier alpha value is -3.10. The summed E-state index contributed by atoms with van der Waals surface area (Å²) in [5.41, 5.74) is 1.48. The molecule has 1 fully saturated rings. The van der Waals surface area contributed by atoms with Crippen LogP contribution >= 0.6 is 0 Å².